The molecule has 0 unspecified atom stereocenters. The zero-order chi connectivity index (χ0) is 12.8. The predicted molar refractivity (Wildman–Crippen MR) is 73.1 cm³/mol. The first-order valence-corrected chi connectivity index (χ1v) is 5.72. The van der Waals surface area contributed by atoms with E-state index < -0.39 is 0 Å². The summed E-state index contributed by atoms with van der Waals surface area (Å²) in [6.07, 6.45) is 3.27. The Morgan fingerprint density at radius 1 is 1.11 bits per heavy atom. The molecule has 3 heteroatoms. The molecule has 0 aliphatic carbocycles. The van der Waals surface area contributed by atoms with Crippen molar-refractivity contribution in [3.8, 4) is 0 Å². The summed E-state index contributed by atoms with van der Waals surface area (Å²) in [5.74, 6) is 0.384. The summed E-state index contributed by atoms with van der Waals surface area (Å²) in [6.45, 7) is 1.88. The highest BCUT2D eigenvalue weighted by molar-refractivity contribution is 6.01. The van der Waals surface area contributed by atoms with Gasteiger partial charge >= 0.3 is 0 Å². The number of rotatable bonds is 3. The average Bonchev–Trinajstić information content (AvgIpc) is 2.38. The van der Waals surface area contributed by atoms with Crippen molar-refractivity contribution >= 4 is 17.8 Å². The molecule has 0 saturated carbocycles. The van der Waals surface area contributed by atoms with Gasteiger partial charge in [0.1, 0.15) is 5.82 Å². The van der Waals surface area contributed by atoms with Gasteiger partial charge in [-0.1, -0.05) is 36.4 Å². The van der Waals surface area contributed by atoms with Gasteiger partial charge in [-0.3, -0.25) is 4.79 Å². The first kappa shape index (κ1) is 12.0. The van der Waals surface area contributed by atoms with E-state index in [4.69, 9.17) is 0 Å². The van der Waals surface area contributed by atoms with Gasteiger partial charge < -0.3 is 5.32 Å². The smallest absolute Gasteiger partial charge is 0.249 e. The van der Waals surface area contributed by atoms with Crippen LogP contribution in [0.4, 0.5) is 5.82 Å². The number of hydrogen-bond acceptors (Lipinski definition) is 2. The predicted octanol–water partition coefficient (Wildman–Crippen LogP) is 3.04. The fourth-order valence-electron chi connectivity index (χ4n) is 1.52. The number of anilines is 1. The van der Waals surface area contributed by atoms with Crippen molar-refractivity contribution in [2.75, 3.05) is 5.32 Å². The van der Waals surface area contributed by atoms with E-state index in [1.807, 2.05) is 49.4 Å². The molecule has 1 N–H and O–H groups in total. The number of nitrogens with zero attached hydrogens (tertiary/aromatic N) is 1. The molecule has 90 valence electrons. The van der Waals surface area contributed by atoms with E-state index in [-0.39, 0.29) is 5.91 Å². The largest absolute Gasteiger partial charge is 0.307 e. The minimum Gasteiger partial charge on any atom is -0.307 e. The minimum atomic E-state index is -0.183. The van der Waals surface area contributed by atoms with Gasteiger partial charge in [-0.2, -0.15) is 0 Å². The molecule has 1 aromatic heterocycles. The molecule has 1 amide bonds. The van der Waals surface area contributed by atoms with E-state index >= 15 is 0 Å². The maximum absolute atomic E-state index is 11.7. The monoisotopic (exact) mass is 238 g/mol. The molecule has 2 rings (SSSR count). The van der Waals surface area contributed by atoms with E-state index in [2.05, 4.69) is 10.3 Å². The van der Waals surface area contributed by atoms with Crippen LogP contribution in [0.25, 0.3) is 6.08 Å². The maximum Gasteiger partial charge on any atom is 0.249 e. The second-order valence-electron chi connectivity index (χ2n) is 3.90. The fourth-order valence-corrected chi connectivity index (χ4v) is 1.52. The average molecular weight is 238 g/mol. The molecule has 0 aliphatic rings. The zero-order valence-electron chi connectivity index (χ0n) is 10.1. The Morgan fingerprint density at radius 3 is 2.61 bits per heavy atom. The van der Waals surface area contributed by atoms with Crippen molar-refractivity contribution in [1.29, 1.82) is 0 Å². The molecule has 0 atom stereocenters. The van der Waals surface area contributed by atoms with Crippen LogP contribution < -0.4 is 5.32 Å². The number of nitrogens with one attached hydrogen (secondary N) is 1. The van der Waals surface area contributed by atoms with Crippen molar-refractivity contribution in [2.45, 2.75) is 6.92 Å². The number of carbonyl (C=O) groups excluding carboxylic acids is 1. The molecule has 1 aromatic carbocycles. The SMILES string of the molecule is Cc1cccc(NC(=O)C=Cc2ccccc2)n1. The van der Waals surface area contributed by atoms with Crippen LogP contribution in [0.5, 0.6) is 0 Å². The lowest BCUT2D eigenvalue weighted by Crippen LogP contribution is -2.09. The van der Waals surface area contributed by atoms with Crippen LogP contribution in [0.3, 0.4) is 0 Å². The summed E-state index contributed by atoms with van der Waals surface area (Å²) in [6, 6.07) is 15.2. The second kappa shape index (κ2) is 5.77. The molecule has 0 saturated heterocycles. The summed E-state index contributed by atoms with van der Waals surface area (Å²) in [4.78, 5) is 15.9. The Bertz CT molecular complexity index is 562. The van der Waals surface area contributed by atoms with Gasteiger partial charge in [0.2, 0.25) is 5.91 Å². The number of hydrogen-bond donors (Lipinski definition) is 1. The van der Waals surface area contributed by atoms with Crippen LogP contribution in [0.2, 0.25) is 0 Å². The van der Waals surface area contributed by atoms with Crippen LogP contribution in [0.1, 0.15) is 11.3 Å². The Morgan fingerprint density at radius 2 is 1.89 bits per heavy atom. The van der Waals surface area contributed by atoms with Crippen molar-refractivity contribution in [1.82, 2.24) is 4.98 Å². The minimum absolute atomic E-state index is 0.183. The lowest BCUT2D eigenvalue weighted by atomic mass is 10.2. The number of amides is 1. The van der Waals surface area contributed by atoms with Crippen LogP contribution >= 0.6 is 0 Å². The normalized spacial score (nSPS) is 10.5. The summed E-state index contributed by atoms with van der Waals surface area (Å²) in [7, 11) is 0. The Hall–Kier alpha value is -2.42. The van der Waals surface area contributed by atoms with Gasteiger partial charge in [0, 0.05) is 11.8 Å². The highest BCUT2D eigenvalue weighted by Crippen LogP contribution is 2.05. The van der Waals surface area contributed by atoms with E-state index in [0.29, 0.717) is 5.82 Å². The highest BCUT2D eigenvalue weighted by Gasteiger charge is 1.98. The Labute approximate surface area is 106 Å². The lowest BCUT2D eigenvalue weighted by molar-refractivity contribution is -0.111. The number of pyridine rings is 1. The highest BCUT2D eigenvalue weighted by atomic mass is 16.1. The van der Waals surface area contributed by atoms with Crippen LogP contribution in [-0.2, 0) is 4.79 Å². The third-order valence-corrected chi connectivity index (χ3v) is 2.37. The van der Waals surface area contributed by atoms with E-state index in [1.165, 1.54) is 6.08 Å². The first-order valence-electron chi connectivity index (χ1n) is 5.72. The quantitative estimate of drug-likeness (QED) is 0.835. The van der Waals surface area contributed by atoms with E-state index in [9.17, 15) is 4.79 Å². The van der Waals surface area contributed by atoms with Gasteiger partial charge in [-0.15, -0.1) is 0 Å². The van der Waals surface area contributed by atoms with Crippen LogP contribution in [-0.4, -0.2) is 10.9 Å². The van der Waals surface area contributed by atoms with Gasteiger partial charge in [0.15, 0.2) is 0 Å². The van der Waals surface area contributed by atoms with Crippen LogP contribution in [0, 0.1) is 6.92 Å². The third-order valence-electron chi connectivity index (χ3n) is 2.37. The van der Waals surface area contributed by atoms with Gasteiger partial charge in [0.05, 0.1) is 0 Å². The van der Waals surface area contributed by atoms with Gasteiger partial charge in [0.25, 0.3) is 0 Å². The third kappa shape index (κ3) is 3.56. The van der Waals surface area contributed by atoms with E-state index in [1.54, 1.807) is 12.1 Å². The first-order chi connectivity index (χ1) is 8.74. The Balaban J connectivity index is 1.99. The van der Waals surface area contributed by atoms with Crippen molar-refractivity contribution in [3.05, 3.63) is 65.9 Å². The fraction of sp³-hybridized carbons (Fsp3) is 0.0667. The molecule has 1 heterocycles. The molecule has 0 fully saturated rings. The number of aryl methyl sites for hydroxylation is 1. The zero-order valence-corrected chi connectivity index (χ0v) is 10.1. The molecule has 0 bridgehead atoms. The van der Waals surface area contributed by atoms with Crippen LogP contribution in [0.15, 0.2) is 54.6 Å². The van der Waals surface area contributed by atoms with Gasteiger partial charge in [-0.25, -0.2) is 4.98 Å². The molecule has 0 spiro atoms. The molecule has 0 radical (unpaired) electrons. The standard InChI is InChI=1S/C15H14N2O/c1-12-6-5-9-14(16-12)17-15(18)11-10-13-7-3-2-4-8-13/h2-11H,1H3,(H,16,17,18). The molecular weight excluding hydrogens is 224 g/mol. The van der Waals surface area contributed by atoms with Crippen molar-refractivity contribution < 1.29 is 4.79 Å². The summed E-state index contributed by atoms with van der Waals surface area (Å²) < 4.78 is 0. The summed E-state index contributed by atoms with van der Waals surface area (Å²) in [5, 5.41) is 2.72. The number of benzene rings is 1. The van der Waals surface area contributed by atoms with Crippen molar-refractivity contribution in [2.24, 2.45) is 0 Å². The number of aromatic nitrogens is 1. The van der Waals surface area contributed by atoms with E-state index in [0.717, 1.165) is 11.3 Å². The second-order valence-corrected chi connectivity index (χ2v) is 3.90. The van der Waals surface area contributed by atoms with Gasteiger partial charge in [-0.05, 0) is 30.7 Å². The molecule has 3 nitrogen and oxygen atoms in total. The topological polar surface area (TPSA) is 42.0 Å². The van der Waals surface area contributed by atoms with Crippen molar-refractivity contribution in [3.63, 3.8) is 0 Å². The molecule has 0 aliphatic heterocycles. The Kier molecular flexibility index (Phi) is 3.86. The maximum atomic E-state index is 11.7. The number of carbonyl (C=O) groups is 1. The molecular formula is C15H14N2O. The lowest BCUT2D eigenvalue weighted by Gasteiger charge is -2.01. The molecule has 18 heavy (non-hydrogen) atoms. The molecule has 2 aromatic rings. The summed E-state index contributed by atoms with van der Waals surface area (Å²) >= 11 is 0. The summed E-state index contributed by atoms with van der Waals surface area (Å²) in [5.41, 5.74) is 1.87.